The van der Waals surface area contributed by atoms with Crippen molar-refractivity contribution in [2.24, 2.45) is 7.05 Å². The number of hydrogen-bond donors (Lipinski definition) is 2. The van der Waals surface area contributed by atoms with Gasteiger partial charge in [0.25, 0.3) is 0 Å². The Morgan fingerprint density at radius 1 is 1.21 bits per heavy atom. The van der Waals surface area contributed by atoms with Crippen LogP contribution in [0.5, 0.6) is 0 Å². The van der Waals surface area contributed by atoms with Gasteiger partial charge in [-0.15, -0.1) is 0 Å². The van der Waals surface area contributed by atoms with Gasteiger partial charge >= 0.3 is 5.97 Å². The van der Waals surface area contributed by atoms with Crippen LogP contribution in [-0.2, 0) is 7.05 Å². The molecule has 6 heteroatoms. The highest BCUT2D eigenvalue weighted by Gasteiger charge is 2.26. The first-order valence-corrected chi connectivity index (χ1v) is 9.60. The van der Waals surface area contributed by atoms with Gasteiger partial charge < -0.3 is 15.0 Å². The van der Waals surface area contributed by atoms with Crippen molar-refractivity contribution < 1.29 is 9.90 Å². The maximum absolute atomic E-state index is 11.8. The lowest BCUT2D eigenvalue weighted by atomic mass is 10.0. The Kier molecular flexibility index (Phi) is 4.05. The fourth-order valence-corrected chi connectivity index (χ4v) is 3.78. The largest absolute Gasteiger partial charge is 0.478 e. The molecule has 0 aliphatic heterocycles. The van der Waals surface area contributed by atoms with Crippen molar-refractivity contribution in [3.8, 4) is 11.1 Å². The lowest BCUT2D eigenvalue weighted by molar-refractivity contribution is 0.0697. The third-order valence-electron chi connectivity index (χ3n) is 5.39. The van der Waals surface area contributed by atoms with E-state index in [2.05, 4.69) is 19.9 Å². The molecule has 1 aromatic carbocycles. The molecule has 0 unspecified atom stereocenters. The molecule has 3 aromatic heterocycles. The summed E-state index contributed by atoms with van der Waals surface area (Å²) in [7, 11) is 2.01. The summed E-state index contributed by atoms with van der Waals surface area (Å²) < 4.78 is 2.08. The molecule has 3 heterocycles. The van der Waals surface area contributed by atoms with E-state index in [9.17, 15) is 9.90 Å². The van der Waals surface area contributed by atoms with Crippen LogP contribution in [0.1, 0.15) is 34.7 Å². The molecule has 0 amide bonds. The molecule has 0 radical (unpaired) electrons. The topological polar surface area (TPSA) is 80.0 Å². The maximum atomic E-state index is 11.8. The number of nitrogens with zero attached hydrogens (tertiary/aromatic N) is 3. The second-order valence-electron chi connectivity index (χ2n) is 7.50. The summed E-state index contributed by atoms with van der Waals surface area (Å²) in [5.74, 6) is -0.169. The average Bonchev–Trinajstić information content (AvgIpc) is 3.52. The van der Waals surface area contributed by atoms with Crippen LogP contribution in [0.15, 0.2) is 61.2 Å². The molecule has 2 N–H and O–H groups in total. The van der Waals surface area contributed by atoms with Crippen LogP contribution in [-0.4, -0.2) is 25.6 Å². The van der Waals surface area contributed by atoms with E-state index in [1.807, 2.05) is 49.8 Å². The van der Waals surface area contributed by atoms with Gasteiger partial charge in [-0.3, -0.25) is 4.98 Å². The van der Waals surface area contributed by atoms with Gasteiger partial charge in [0.1, 0.15) is 11.4 Å². The Morgan fingerprint density at radius 2 is 2.07 bits per heavy atom. The van der Waals surface area contributed by atoms with Crippen molar-refractivity contribution in [1.29, 1.82) is 0 Å². The summed E-state index contributed by atoms with van der Waals surface area (Å²) in [6.07, 6.45) is 9.59. The Morgan fingerprint density at radius 3 is 2.79 bits per heavy atom. The predicted octanol–water partition coefficient (Wildman–Crippen LogP) is 4.95. The van der Waals surface area contributed by atoms with Gasteiger partial charge in [-0.25, -0.2) is 9.78 Å². The quantitative estimate of drug-likeness (QED) is 0.509. The zero-order chi connectivity index (χ0) is 20.0. The first-order valence-electron chi connectivity index (χ1n) is 9.60. The van der Waals surface area contributed by atoms with E-state index in [1.165, 1.54) is 0 Å². The molecule has 0 bridgehead atoms. The Balaban J connectivity index is 1.61. The third-order valence-corrected chi connectivity index (χ3v) is 5.39. The van der Waals surface area contributed by atoms with Crippen molar-refractivity contribution in [2.45, 2.75) is 18.8 Å². The summed E-state index contributed by atoms with van der Waals surface area (Å²) in [4.78, 5) is 20.5. The molecular formula is C23H20N4O2. The predicted molar refractivity (Wildman–Crippen MR) is 113 cm³/mol. The van der Waals surface area contributed by atoms with E-state index in [1.54, 1.807) is 18.5 Å². The van der Waals surface area contributed by atoms with Crippen LogP contribution in [0, 0.1) is 0 Å². The molecule has 0 atom stereocenters. The highest BCUT2D eigenvalue weighted by atomic mass is 16.4. The summed E-state index contributed by atoms with van der Waals surface area (Å²) >= 11 is 0. The zero-order valence-electron chi connectivity index (χ0n) is 16.0. The number of benzene rings is 1. The highest BCUT2D eigenvalue weighted by Crippen LogP contribution is 2.41. The molecule has 4 aromatic rings. The van der Waals surface area contributed by atoms with E-state index in [4.69, 9.17) is 0 Å². The molecule has 6 nitrogen and oxygen atoms in total. The first-order chi connectivity index (χ1) is 14.1. The third kappa shape index (κ3) is 3.23. The smallest absolute Gasteiger partial charge is 0.339 e. The van der Waals surface area contributed by atoms with Crippen molar-refractivity contribution in [1.82, 2.24) is 14.5 Å². The molecule has 1 fully saturated rings. The number of aryl methyl sites for hydroxylation is 1. The Hall–Kier alpha value is -3.67. The Bertz CT molecular complexity index is 1230. The summed E-state index contributed by atoms with van der Waals surface area (Å²) in [6.45, 7) is 0. The van der Waals surface area contributed by atoms with E-state index >= 15 is 0 Å². The number of carboxylic acids is 1. The lowest BCUT2D eigenvalue weighted by Gasteiger charge is -2.13. The van der Waals surface area contributed by atoms with Crippen LogP contribution in [0.2, 0.25) is 0 Å². The molecule has 1 aliphatic rings. The van der Waals surface area contributed by atoms with Crippen LogP contribution in [0.25, 0.3) is 22.0 Å². The normalized spacial score (nSPS) is 13.6. The number of aromatic nitrogens is 3. The number of nitrogens with one attached hydrogen (secondary N) is 1. The number of fused-ring (bicyclic) bond motifs is 1. The fourth-order valence-electron chi connectivity index (χ4n) is 3.78. The molecular weight excluding hydrogens is 364 g/mol. The molecule has 1 saturated carbocycles. The SMILES string of the molecule is Cn1ccc2cc(Nc3ncc(C4CC4)cc3C(=O)O)cc(-c3cccnc3)c21. The van der Waals surface area contributed by atoms with Crippen molar-refractivity contribution in [3.05, 3.63) is 72.3 Å². The van der Waals surface area contributed by atoms with Crippen LogP contribution in [0.4, 0.5) is 11.5 Å². The number of pyridine rings is 2. The van der Waals surface area contributed by atoms with Gasteiger partial charge in [-0.05, 0) is 54.7 Å². The van der Waals surface area contributed by atoms with E-state index < -0.39 is 5.97 Å². The van der Waals surface area contributed by atoms with Crippen LogP contribution >= 0.6 is 0 Å². The summed E-state index contributed by atoms with van der Waals surface area (Å²) in [5, 5.41) is 14.0. The van der Waals surface area contributed by atoms with Gasteiger partial charge in [0.15, 0.2) is 0 Å². The number of carbonyl (C=O) groups is 1. The maximum Gasteiger partial charge on any atom is 0.339 e. The first kappa shape index (κ1) is 17.4. The van der Waals surface area contributed by atoms with Gasteiger partial charge in [0, 0.05) is 54.0 Å². The standard InChI is InChI=1S/C23H20N4O2/c1-27-8-6-15-9-18(11-19(21(15)27)16-3-2-7-24-12-16)26-22-20(23(28)29)10-17(13-25-22)14-4-5-14/h2-3,6-14H,4-5H2,1H3,(H,25,26)(H,28,29). The van der Waals surface area contributed by atoms with Crippen LogP contribution < -0.4 is 5.32 Å². The zero-order valence-corrected chi connectivity index (χ0v) is 16.0. The molecule has 29 heavy (non-hydrogen) atoms. The van der Waals surface area contributed by atoms with E-state index in [0.717, 1.165) is 46.1 Å². The minimum Gasteiger partial charge on any atom is -0.478 e. The van der Waals surface area contributed by atoms with Gasteiger partial charge in [0.2, 0.25) is 0 Å². The number of carboxylic acid groups (broad SMARTS) is 1. The number of hydrogen-bond acceptors (Lipinski definition) is 4. The molecule has 0 spiro atoms. The fraction of sp³-hybridized carbons (Fsp3) is 0.174. The number of anilines is 2. The molecule has 1 aliphatic carbocycles. The lowest BCUT2D eigenvalue weighted by Crippen LogP contribution is -2.06. The second kappa shape index (κ2) is 6.74. The van der Waals surface area contributed by atoms with Crippen molar-refractivity contribution in [3.63, 3.8) is 0 Å². The Labute approximate surface area is 167 Å². The monoisotopic (exact) mass is 384 g/mol. The highest BCUT2D eigenvalue weighted by molar-refractivity contribution is 5.99. The summed E-state index contributed by atoms with van der Waals surface area (Å²) in [6, 6.07) is 11.7. The van der Waals surface area contributed by atoms with E-state index in [0.29, 0.717) is 11.7 Å². The number of aromatic carboxylic acids is 1. The average molecular weight is 384 g/mol. The minimum absolute atomic E-state index is 0.200. The second-order valence-corrected chi connectivity index (χ2v) is 7.50. The van der Waals surface area contributed by atoms with Gasteiger partial charge in [0.05, 0.1) is 5.52 Å². The minimum atomic E-state index is -0.976. The molecule has 5 rings (SSSR count). The summed E-state index contributed by atoms with van der Waals surface area (Å²) in [5.41, 5.74) is 5.11. The number of rotatable bonds is 5. The van der Waals surface area contributed by atoms with Crippen molar-refractivity contribution in [2.75, 3.05) is 5.32 Å². The van der Waals surface area contributed by atoms with E-state index in [-0.39, 0.29) is 5.56 Å². The van der Waals surface area contributed by atoms with Crippen LogP contribution in [0.3, 0.4) is 0 Å². The van der Waals surface area contributed by atoms with Gasteiger partial charge in [-0.1, -0.05) is 6.07 Å². The molecule has 0 saturated heterocycles. The van der Waals surface area contributed by atoms with Gasteiger partial charge in [-0.2, -0.15) is 0 Å². The van der Waals surface area contributed by atoms with Crippen molar-refractivity contribution >= 4 is 28.4 Å². The molecule has 144 valence electrons.